The second-order valence-electron chi connectivity index (χ2n) is 8.00. The molecule has 0 saturated heterocycles. The van der Waals surface area contributed by atoms with Crippen LogP contribution in [0.1, 0.15) is 44.9 Å². The number of nitrogens with zero attached hydrogens (tertiary/aromatic N) is 1. The first-order valence-corrected chi connectivity index (χ1v) is 11.7. The molecule has 2 rings (SSSR count). The number of nitrogens with one attached hydrogen (secondary N) is 1. The molecule has 0 saturated carbocycles. The van der Waals surface area contributed by atoms with Crippen LogP contribution in [0.4, 0.5) is 5.69 Å². The monoisotopic (exact) mass is 456 g/mol. The molecule has 0 heterocycles. The summed E-state index contributed by atoms with van der Waals surface area (Å²) in [5, 5.41) is 3.13. The van der Waals surface area contributed by atoms with Crippen LogP contribution >= 0.6 is 23.2 Å². The summed E-state index contributed by atoms with van der Waals surface area (Å²) >= 11 is 12.2. The average molecular weight is 457 g/mol. The van der Waals surface area contributed by atoms with Gasteiger partial charge in [0.15, 0.2) is 0 Å². The first-order chi connectivity index (χ1) is 13.3. The number of carbonyl (C=O) groups excluding carboxylic acids is 1. The number of benzene rings is 2. The van der Waals surface area contributed by atoms with Crippen LogP contribution in [0.2, 0.25) is 10.0 Å². The van der Waals surface area contributed by atoms with Crippen LogP contribution < -0.4 is 9.62 Å². The third kappa shape index (κ3) is 6.11. The summed E-state index contributed by atoms with van der Waals surface area (Å²) in [6.07, 6.45) is 1.02. The Morgan fingerprint density at radius 3 is 2.21 bits per heavy atom. The van der Waals surface area contributed by atoms with Crippen LogP contribution in [0.15, 0.2) is 42.5 Å². The Labute approximate surface area is 183 Å². The minimum absolute atomic E-state index is 0.0389. The zero-order valence-corrected chi connectivity index (χ0v) is 19.5. The topological polar surface area (TPSA) is 66.5 Å². The Morgan fingerprint density at radius 1 is 1.10 bits per heavy atom. The lowest BCUT2D eigenvalue weighted by Crippen LogP contribution is -2.41. The van der Waals surface area contributed by atoms with Gasteiger partial charge < -0.3 is 5.32 Å². The molecule has 0 aromatic heterocycles. The van der Waals surface area contributed by atoms with Crippen molar-refractivity contribution in [3.8, 4) is 0 Å². The number of hydrogen-bond donors (Lipinski definition) is 1. The van der Waals surface area contributed by atoms with Gasteiger partial charge in [0.05, 0.1) is 28.0 Å². The fraction of sp³-hybridized carbons (Fsp3) is 0.381. The molecule has 158 valence electrons. The van der Waals surface area contributed by atoms with E-state index in [0.29, 0.717) is 0 Å². The number of rotatable bonds is 6. The van der Waals surface area contributed by atoms with Crippen molar-refractivity contribution < 1.29 is 13.2 Å². The maximum Gasteiger partial charge on any atom is 0.241 e. The van der Waals surface area contributed by atoms with Crippen molar-refractivity contribution >= 4 is 44.8 Å². The summed E-state index contributed by atoms with van der Waals surface area (Å²) in [7, 11) is -3.75. The van der Waals surface area contributed by atoms with E-state index in [4.69, 9.17) is 23.2 Å². The molecule has 0 aliphatic heterocycles. The van der Waals surface area contributed by atoms with E-state index in [2.05, 4.69) is 26.1 Å². The van der Waals surface area contributed by atoms with E-state index in [1.54, 1.807) is 12.1 Å². The van der Waals surface area contributed by atoms with Crippen LogP contribution in [0.25, 0.3) is 0 Å². The SMILES string of the molecule is C[C@@H](NC(=O)CN(c1cccc(Cl)c1Cl)S(C)(=O)=O)c1ccc(C(C)(C)C)cc1. The van der Waals surface area contributed by atoms with Gasteiger partial charge in [0.2, 0.25) is 15.9 Å². The Balaban J connectivity index is 2.17. The van der Waals surface area contributed by atoms with Crippen molar-refractivity contribution in [1.29, 1.82) is 0 Å². The number of amides is 1. The summed E-state index contributed by atoms with van der Waals surface area (Å²) in [5.74, 6) is -0.445. The molecule has 1 amide bonds. The molecule has 0 aliphatic rings. The van der Waals surface area contributed by atoms with Crippen molar-refractivity contribution in [3.05, 3.63) is 63.6 Å². The van der Waals surface area contributed by atoms with E-state index < -0.39 is 22.5 Å². The molecule has 0 spiro atoms. The predicted octanol–water partition coefficient (Wildman–Crippen LogP) is 4.93. The number of sulfonamides is 1. The van der Waals surface area contributed by atoms with E-state index in [1.165, 1.54) is 11.6 Å². The predicted molar refractivity (Wildman–Crippen MR) is 120 cm³/mol. The lowest BCUT2D eigenvalue weighted by Gasteiger charge is -2.24. The van der Waals surface area contributed by atoms with E-state index >= 15 is 0 Å². The maximum atomic E-state index is 12.6. The van der Waals surface area contributed by atoms with E-state index in [1.807, 2.05) is 31.2 Å². The van der Waals surface area contributed by atoms with Gasteiger partial charge in [0.1, 0.15) is 6.54 Å². The Bertz CT molecular complexity index is 984. The molecule has 0 aliphatic carbocycles. The minimum Gasteiger partial charge on any atom is -0.348 e. The molecule has 0 radical (unpaired) electrons. The van der Waals surface area contributed by atoms with Crippen LogP contribution in [0.5, 0.6) is 0 Å². The molecule has 0 bridgehead atoms. The van der Waals surface area contributed by atoms with Crippen molar-refractivity contribution in [2.75, 3.05) is 17.1 Å². The fourth-order valence-corrected chi connectivity index (χ4v) is 4.15. The van der Waals surface area contributed by atoms with Gasteiger partial charge in [0, 0.05) is 0 Å². The van der Waals surface area contributed by atoms with E-state index in [-0.39, 0.29) is 27.2 Å². The third-order valence-corrected chi connectivity index (χ3v) is 6.48. The van der Waals surface area contributed by atoms with Gasteiger partial charge in [-0.1, -0.05) is 74.3 Å². The van der Waals surface area contributed by atoms with Gasteiger partial charge in [0.25, 0.3) is 0 Å². The highest BCUT2D eigenvalue weighted by Gasteiger charge is 2.24. The zero-order chi connectivity index (χ0) is 22.0. The first kappa shape index (κ1) is 23.5. The van der Waals surface area contributed by atoms with Crippen LogP contribution in [0, 0.1) is 0 Å². The molecule has 8 heteroatoms. The molecule has 2 aromatic rings. The highest BCUT2D eigenvalue weighted by molar-refractivity contribution is 7.92. The smallest absolute Gasteiger partial charge is 0.241 e. The summed E-state index contributed by atoms with van der Waals surface area (Å²) in [5.41, 5.74) is 2.33. The standard InChI is InChI=1S/C21H26Cl2N2O3S/c1-14(15-9-11-16(12-10-15)21(2,3)4)24-19(26)13-25(29(5,27)28)18-8-6-7-17(22)20(18)23/h6-12,14H,13H2,1-5H3,(H,24,26)/t14-/m1/s1. The summed E-state index contributed by atoms with van der Waals surface area (Å²) in [6, 6.07) is 12.4. The molecule has 0 unspecified atom stereocenters. The van der Waals surface area contributed by atoms with Gasteiger partial charge in [-0.05, 0) is 35.6 Å². The lowest BCUT2D eigenvalue weighted by molar-refractivity contribution is -0.120. The quantitative estimate of drug-likeness (QED) is 0.669. The summed E-state index contributed by atoms with van der Waals surface area (Å²) in [6.45, 7) is 7.85. The van der Waals surface area contributed by atoms with Gasteiger partial charge in [-0.3, -0.25) is 9.10 Å². The van der Waals surface area contributed by atoms with Crippen molar-refractivity contribution in [1.82, 2.24) is 5.32 Å². The van der Waals surface area contributed by atoms with Gasteiger partial charge in [-0.25, -0.2) is 8.42 Å². The second-order valence-corrected chi connectivity index (χ2v) is 10.7. The van der Waals surface area contributed by atoms with Crippen LogP contribution in [0.3, 0.4) is 0 Å². The Hall–Kier alpha value is -1.76. The van der Waals surface area contributed by atoms with Gasteiger partial charge >= 0.3 is 0 Å². The van der Waals surface area contributed by atoms with Gasteiger partial charge in [-0.2, -0.15) is 0 Å². The maximum absolute atomic E-state index is 12.6. The van der Waals surface area contributed by atoms with Crippen molar-refractivity contribution in [3.63, 3.8) is 0 Å². The molecule has 1 N–H and O–H groups in total. The van der Waals surface area contributed by atoms with E-state index in [0.717, 1.165) is 16.1 Å². The second kappa shape index (κ2) is 8.94. The van der Waals surface area contributed by atoms with E-state index in [9.17, 15) is 13.2 Å². The molecular formula is C21H26Cl2N2O3S. The molecule has 29 heavy (non-hydrogen) atoms. The van der Waals surface area contributed by atoms with Crippen LogP contribution in [-0.2, 0) is 20.2 Å². The molecule has 0 fully saturated rings. The van der Waals surface area contributed by atoms with Crippen molar-refractivity contribution in [2.45, 2.75) is 39.2 Å². The summed E-state index contributed by atoms with van der Waals surface area (Å²) in [4.78, 5) is 12.6. The molecular weight excluding hydrogens is 431 g/mol. The summed E-state index contributed by atoms with van der Waals surface area (Å²) < 4.78 is 25.5. The molecule has 5 nitrogen and oxygen atoms in total. The lowest BCUT2D eigenvalue weighted by atomic mass is 9.86. The molecule has 1 atom stereocenters. The molecule has 2 aromatic carbocycles. The van der Waals surface area contributed by atoms with Gasteiger partial charge in [-0.15, -0.1) is 0 Å². The first-order valence-electron chi connectivity index (χ1n) is 9.12. The highest BCUT2D eigenvalue weighted by atomic mass is 35.5. The highest BCUT2D eigenvalue weighted by Crippen LogP contribution is 2.33. The third-order valence-electron chi connectivity index (χ3n) is 4.54. The average Bonchev–Trinajstić information content (AvgIpc) is 2.61. The number of hydrogen-bond acceptors (Lipinski definition) is 3. The number of halogens is 2. The largest absolute Gasteiger partial charge is 0.348 e. The fourth-order valence-electron chi connectivity index (χ4n) is 2.84. The zero-order valence-electron chi connectivity index (χ0n) is 17.2. The Morgan fingerprint density at radius 2 is 1.69 bits per heavy atom. The van der Waals surface area contributed by atoms with Crippen LogP contribution in [-0.4, -0.2) is 27.1 Å². The normalized spacial score (nSPS) is 13.1. The minimum atomic E-state index is -3.75. The van der Waals surface area contributed by atoms with Crippen molar-refractivity contribution in [2.24, 2.45) is 0 Å². The Kier molecular flexibility index (Phi) is 7.25. The number of carbonyl (C=O) groups is 1. The number of anilines is 1.